The SMILES string of the molecule is COc1c2ccccc2c(OC)c2cc(S(=O)(=O)[O-])ccc12.[Ag+]. The predicted molar refractivity (Wildman–Crippen MR) is 82.5 cm³/mol. The second-order valence-electron chi connectivity index (χ2n) is 4.77. The summed E-state index contributed by atoms with van der Waals surface area (Å²) in [6.45, 7) is 0. The molecule has 0 saturated carbocycles. The summed E-state index contributed by atoms with van der Waals surface area (Å²) in [5, 5.41) is 2.85. The van der Waals surface area contributed by atoms with Gasteiger partial charge in [0.2, 0.25) is 0 Å². The molecule has 0 heterocycles. The molecule has 0 aliphatic carbocycles. The molecule has 124 valence electrons. The van der Waals surface area contributed by atoms with Gasteiger partial charge in [-0.3, -0.25) is 0 Å². The van der Waals surface area contributed by atoms with E-state index < -0.39 is 10.1 Å². The Kier molecular flexibility index (Phi) is 5.03. The summed E-state index contributed by atoms with van der Waals surface area (Å²) in [6.07, 6.45) is 0. The second-order valence-corrected chi connectivity index (χ2v) is 6.15. The van der Waals surface area contributed by atoms with Gasteiger partial charge in [0.05, 0.1) is 19.1 Å². The van der Waals surface area contributed by atoms with Crippen molar-refractivity contribution in [2.45, 2.75) is 4.90 Å². The molecule has 3 aromatic rings. The standard InChI is InChI=1S/C16H14O5S.Ag/c1-20-15-11-5-3-4-6-12(11)16(21-2)14-9-10(22(17,18)19)7-8-13(14)15;/h3-9H,1-2H3,(H,17,18,19);/q;+1/p-1. The minimum atomic E-state index is -4.54. The molecule has 23 heavy (non-hydrogen) atoms. The summed E-state index contributed by atoms with van der Waals surface area (Å²) in [5.41, 5.74) is 0. The third kappa shape index (κ3) is 2.96. The van der Waals surface area contributed by atoms with Gasteiger partial charge in [-0.25, -0.2) is 8.42 Å². The number of hydrogen-bond donors (Lipinski definition) is 0. The first-order chi connectivity index (χ1) is 10.5. The third-order valence-electron chi connectivity index (χ3n) is 3.59. The van der Waals surface area contributed by atoms with E-state index >= 15 is 0 Å². The number of methoxy groups -OCH3 is 2. The molecular weight excluding hydrogens is 412 g/mol. The van der Waals surface area contributed by atoms with Crippen molar-refractivity contribution < 1.29 is 44.8 Å². The quantitative estimate of drug-likeness (QED) is 0.367. The number of hydrogen-bond acceptors (Lipinski definition) is 5. The van der Waals surface area contributed by atoms with Gasteiger partial charge >= 0.3 is 22.4 Å². The fraction of sp³-hybridized carbons (Fsp3) is 0.125. The molecule has 0 aromatic heterocycles. The number of ether oxygens (including phenoxy) is 2. The van der Waals surface area contributed by atoms with E-state index in [1.165, 1.54) is 19.2 Å². The molecule has 7 heteroatoms. The first-order valence-corrected chi connectivity index (χ1v) is 7.90. The summed E-state index contributed by atoms with van der Waals surface area (Å²) in [4.78, 5) is -0.296. The predicted octanol–water partition coefficient (Wildman–Crippen LogP) is 2.91. The molecule has 0 fully saturated rings. The Hall–Kier alpha value is -1.57. The minimum Gasteiger partial charge on any atom is -0.744 e. The monoisotopic (exact) mass is 424 g/mol. The topological polar surface area (TPSA) is 75.7 Å². The average molecular weight is 425 g/mol. The smallest absolute Gasteiger partial charge is 0.744 e. The van der Waals surface area contributed by atoms with Gasteiger partial charge in [-0.1, -0.05) is 24.3 Å². The van der Waals surface area contributed by atoms with Crippen LogP contribution in [-0.2, 0) is 32.5 Å². The number of benzene rings is 3. The van der Waals surface area contributed by atoms with Gasteiger partial charge in [0, 0.05) is 21.5 Å². The van der Waals surface area contributed by atoms with Crippen LogP contribution in [0.4, 0.5) is 0 Å². The van der Waals surface area contributed by atoms with Crippen LogP contribution in [0.3, 0.4) is 0 Å². The van der Waals surface area contributed by atoms with E-state index in [9.17, 15) is 13.0 Å². The molecule has 0 bridgehead atoms. The molecule has 0 amide bonds. The van der Waals surface area contributed by atoms with Crippen LogP contribution < -0.4 is 9.47 Å². The van der Waals surface area contributed by atoms with E-state index in [2.05, 4.69) is 0 Å². The van der Waals surface area contributed by atoms with Crippen LogP contribution in [0.25, 0.3) is 21.5 Å². The van der Waals surface area contributed by atoms with Crippen LogP contribution in [0.1, 0.15) is 0 Å². The Bertz CT molecular complexity index is 983. The van der Waals surface area contributed by atoms with Gasteiger partial charge in [0.25, 0.3) is 0 Å². The van der Waals surface area contributed by atoms with Crippen molar-refractivity contribution in [1.29, 1.82) is 0 Å². The van der Waals surface area contributed by atoms with Crippen LogP contribution in [0.5, 0.6) is 11.5 Å². The van der Waals surface area contributed by atoms with Crippen LogP contribution in [-0.4, -0.2) is 27.2 Å². The molecule has 0 N–H and O–H groups in total. The van der Waals surface area contributed by atoms with E-state index in [-0.39, 0.29) is 27.3 Å². The van der Waals surface area contributed by atoms with Crippen molar-refractivity contribution in [3.63, 3.8) is 0 Å². The minimum absolute atomic E-state index is 0. The van der Waals surface area contributed by atoms with Crippen LogP contribution >= 0.6 is 0 Å². The molecule has 0 aliphatic heterocycles. The first-order valence-electron chi connectivity index (χ1n) is 6.49. The Morgan fingerprint density at radius 1 is 0.826 bits per heavy atom. The Balaban J connectivity index is 0.00000192. The van der Waals surface area contributed by atoms with Crippen molar-refractivity contribution in [1.82, 2.24) is 0 Å². The zero-order chi connectivity index (χ0) is 15.9. The third-order valence-corrected chi connectivity index (χ3v) is 4.42. The van der Waals surface area contributed by atoms with Crippen molar-refractivity contribution >= 4 is 31.7 Å². The second kappa shape index (κ2) is 6.51. The normalized spacial score (nSPS) is 11.3. The van der Waals surface area contributed by atoms with E-state index in [1.807, 2.05) is 24.3 Å². The first kappa shape index (κ1) is 17.8. The molecular formula is C16H13AgO5S. The molecule has 0 unspecified atom stereocenters. The fourth-order valence-electron chi connectivity index (χ4n) is 2.67. The molecule has 0 aliphatic rings. The molecule has 3 rings (SSSR count). The Morgan fingerprint density at radius 3 is 1.78 bits per heavy atom. The zero-order valence-corrected chi connectivity index (χ0v) is 14.6. The van der Waals surface area contributed by atoms with Crippen molar-refractivity contribution in [2.24, 2.45) is 0 Å². The number of fused-ring (bicyclic) bond motifs is 2. The maximum absolute atomic E-state index is 11.3. The molecule has 3 aromatic carbocycles. The van der Waals surface area contributed by atoms with Gasteiger partial charge in [-0.05, 0) is 18.2 Å². The molecule has 0 saturated heterocycles. The molecule has 5 nitrogen and oxygen atoms in total. The maximum atomic E-state index is 11.3. The van der Waals surface area contributed by atoms with Crippen LogP contribution in [0, 0.1) is 0 Å². The average Bonchev–Trinajstić information content (AvgIpc) is 2.51. The summed E-state index contributed by atoms with van der Waals surface area (Å²) < 4.78 is 44.7. The molecule has 0 radical (unpaired) electrons. The van der Waals surface area contributed by atoms with Crippen molar-refractivity contribution in [2.75, 3.05) is 14.2 Å². The van der Waals surface area contributed by atoms with E-state index in [0.29, 0.717) is 22.3 Å². The van der Waals surface area contributed by atoms with Crippen molar-refractivity contribution in [3.8, 4) is 11.5 Å². The summed E-state index contributed by atoms with van der Waals surface area (Å²) in [6, 6.07) is 11.7. The van der Waals surface area contributed by atoms with Gasteiger partial charge in [0.1, 0.15) is 21.6 Å². The summed E-state index contributed by atoms with van der Waals surface area (Å²) >= 11 is 0. The van der Waals surface area contributed by atoms with E-state index in [1.54, 1.807) is 13.2 Å². The maximum Gasteiger partial charge on any atom is 1.00 e. The van der Waals surface area contributed by atoms with Gasteiger partial charge < -0.3 is 14.0 Å². The summed E-state index contributed by atoms with van der Waals surface area (Å²) in [5.74, 6) is 1.12. The number of rotatable bonds is 3. The Morgan fingerprint density at radius 2 is 1.30 bits per heavy atom. The Labute approximate surface area is 149 Å². The van der Waals surface area contributed by atoms with Crippen LogP contribution in [0.15, 0.2) is 47.4 Å². The largest absolute Gasteiger partial charge is 1.00 e. The molecule has 0 spiro atoms. The zero-order valence-electron chi connectivity index (χ0n) is 12.3. The molecule has 0 atom stereocenters. The van der Waals surface area contributed by atoms with Crippen LogP contribution in [0.2, 0.25) is 0 Å². The van der Waals surface area contributed by atoms with Crippen molar-refractivity contribution in [3.05, 3.63) is 42.5 Å². The van der Waals surface area contributed by atoms with Gasteiger partial charge in [-0.15, -0.1) is 0 Å². The van der Waals surface area contributed by atoms with Gasteiger partial charge in [-0.2, -0.15) is 0 Å². The van der Waals surface area contributed by atoms with Gasteiger partial charge in [0.15, 0.2) is 0 Å². The van der Waals surface area contributed by atoms with E-state index in [4.69, 9.17) is 9.47 Å². The van der Waals surface area contributed by atoms with E-state index in [0.717, 1.165) is 10.8 Å². The summed E-state index contributed by atoms with van der Waals surface area (Å²) in [7, 11) is -1.48. The fourth-order valence-corrected chi connectivity index (χ4v) is 3.17.